The van der Waals surface area contributed by atoms with E-state index < -0.39 is 113 Å². The van der Waals surface area contributed by atoms with Gasteiger partial charge in [0.2, 0.25) is 12.2 Å². The zero-order valence-corrected chi connectivity index (χ0v) is 83.6. The van der Waals surface area contributed by atoms with Crippen LogP contribution in [-0.2, 0) is 57.2 Å². The number of aliphatic carboxylic acids is 1. The fourth-order valence-corrected chi connectivity index (χ4v) is 18.0. The van der Waals surface area contributed by atoms with Crippen molar-refractivity contribution in [3.8, 4) is 46.5 Å². The first-order chi connectivity index (χ1) is 64.6. The Morgan fingerprint density at radius 3 is 1.23 bits per heavy atom. The molecule has 4 aliphatic heterocycles. The number of carboxylic acid groups (broad SMARTS) is 1. The van der Waals surface area contributed by atoms with Crippen molar-refractivity contribution in [2.24, 2.45) is 40.9 Å². The summed E-state index contributed by atoms with van der Waals surface area (Å²) in [6, 6.07) is 18.3. The van der Waals surface area contributed by atoms with Crippen LogP contribution in [0.25, 0.3) is 44.1 Å². The molecule has 5 fully saturated rings. The van der Waals surface area contributed by atoms with Gasteiger partial charge in [-0.2, -0.15) is 13.2 Å². The number of esters is 4. The normalized spacial score (nSPS) is 22.6. The third kappa shape index (κ3) is 28.6. The highest BCUT2D eigenvalue weighted by molar-refractivity contribution is 6.32. The molecule has 1 saturated carbocycles. The van der Waals surface area contributed by atoms with Gasteiger partial charge >= 0.3 is 42.1 Å². The lowest BCUT2D eigenvalue weighted by atomic mass is 9.77. The van der Waals surface area contributed by atoms with E-state index in [1.807, 2.05) is 61.5 Å². The number of carbonyl (C=O) groups is 8. The molecular formula is C96H123Cl4F3N12O22. The number of aromatic nitrogens is 8. The van der Waals surface area contributed by atoms with Crippen LogP contribution in [0, 0.1) is 40.9 Å². The van der Waals surface area contributed by atoms with E-state index in [1.165, 1.54) is 24.0 Å². The molecule has 5 aliphatic rings. The lowest BCUT2D eigenvalue weighted by Crippen LogP contribution is -2.49. The number of alkyl halides is 3. The minimum absolute atomic E-state index is 0.0358. The predicted octanol–water partition coefficient (Wildman–Crippen LogP) is 17.1. The van der Waals surface area contributed by atoms with Crippen molar-refractivity contribution in [2.75, 3.05) is 68.8 Å². The Morgan fingerprint density at radius 1 is 0.518 bits per heavy atom. The number of nitrogens with zero attached hydrogens (tertiary/aromatic N) is 10. The number of halogens is 7. The number of benzene rings is 4. The minimum atomic E-state index is -4.64. The fraction of sp³-hybridized carbons (Fsp3) is 0.562. The summed E-state index contributed by atoms with van der Waals surface area (Å²) in [5.41, 5.74) is 2.11. The van der Waals surface area contributed by atoms with E-state index in [2.05, 4.69) is 57.1 Å². The second kappa shape index (κ2) is 48.1. The molecule has 137 heavy (non-hydrogen) atoms. The van der Waals surface area contributed by atoms with Crippen molar-refractivity contribution in [3.63, 3.8) is 0 Å². The van der Waals surface area contributed by atoms with E-state index in [1.54, 1.807) is 143 Å². The van der Waals surface area contributed by atoms with Gasteiger partial charge in [-0.15, -0.1) is 6.58 Å². The molecule has 15 atom stereocenters. The molecule has 0 spiro atoms. The van der Waals surface area contributed by atoms with Crippen molar-refractivity contribution in [1.29, 1.82) is 0 Å². The first-order valence-corrected chi connectivity index (χ1v) is 46.6. The summed E-state index contributed by atoms with van der Waals surface area (Å²) in [6.45, 7) is 31.2. The Balaban J connectivity index is 0.000000207. The molecule has 3 N–H and O–H groups in total. The van der Waals surface area contributed by atoms with Gasteiger partial charge in [-0.25, -0.2) is 54.3 Å². The maximum absolute atomic E-state index is 14.5. The first-order valence-electron chi connectivity index (χ1n) is 45.1. The van der Waals surface area contributed by atoms with Crippen LogP contribution in [0.3, 0.4) is 0 Å². The van der Waals surface area contributed by atoms with Crippen LogP contribution in [0.2, 0.25) is 20.6 Å². The van der Waals surface area contributed by atoms with E-state index in [0.717, 1.165) is 44.9 Å². The van der Waals surface area contributed by atoms with Crippen molar-refractivity contribution in [1.82, 2.24) is 60.3 Å². The average molecular weight is 2000 g/mol. The molecule has 41 heteroatoms. The smallest absolute Gasteiger partial charge is 0.446 e. The molecule has 0 unspecified atom stereocenters. The molecule has 748 valence electrons. The fourth-order valence-electron chi connectivity index (χ4n) is 17.3. The quantitative estimate of drug-likeness (QED) is 0.0135. The molecule has 1 aliphatic carbocycles. The molecule has 4 aromatic carbocycles. The van der Waals surface area contributed by atoms with Gasteiger partial charge in [0, 0.05) is 61.0 Å². The lowest BCUT2D eigenvalue weighted by molar-refractivity contribution is -0.167. The minimum Gasteiger partial charge on any atom is -0.497 e. The molecule has 4 aromatic heterocycles. The number of rotatable bonds is 28. The summed E-state index contributed by atoms with van der Waals surface area (Å²) in [7, 11) is 8.97. The Labute approximate surface area is 814 Å². The van der Waals surface area contributed by atoms with Crippen molar-refractivity contribution in [2.45, 2.75) is 239 Å². The molecule has 13 rings (SSSR count). The molecule has 0 radical (unpaired) electrons. The maximum Gasteiger partial charge on any atom is 0.446 e. The standard InChI is InChI=1S/C36H50ClN3O7.C25H34ClN3O6.C17H20ClN3O4.C16H18ClN3O4.C2HF3O/c1-9-11-12-14-22-15-13-18-36(22,6)47-29(41)20-25(35(3,4)5)33(42)40-21-28(24(10-2)30(40)34(43)45-8)46-32-31(37)38-26-17-16-23(44-7)19-27(26)39-32;1-9-15-18(33-21-20(26)27-16-11-10-14(32-8)12-17(16)28-21)13-29(23(31)35-25(5,6)7)19(15)22(30)34-24(2,3)4;1-4-10-13(8-19-14(10)17(22)24-3)25-16-15(18)20-11-6-5-9(23-2)7-12(11)21-16;1-3-9-12(7-18-13(9)16(21)22)24-15-14(17)19-10-5-4-8(23-2)6-11(10)20-15;3-2(4,5)1-6/h9,16-17,19,22,24-25,28,30H,1,10-15,18,20-21H2,2-8H3;10-12,15,18-19H,9,13H2,1-8H3;5-7,10,13-14,19H,4,8H2,1-3H3;4-6,9,12-13,18H,3,7H2,1-2H3,(H,21,22);1H/t22-,24-,25-,28+,30+,36-;15-,18+,19+;10-,13+,14+;9-,12+,13+;/m1111./s1. The van der Waals surface area contributed by atoms with Crippen LogP contribution < -0.4 is 48.5 Å². The monoisotopic (exact) mass is 1990 g/mol. The number of hydrogen-bond donors (Lipinski definition) is 3. The van der Waals surface area contributed by atoms with Crippen LogP contribution in [0.5, 0.6) is 46.5 Å². The number of carbonyl (C=O) groups excluding carboxylic acids is 7. The van der Waals surface area contributed by atoms with E-state index in [4.69, 9.17) is 113 Å². The van der Waals surface area contributed by atoms with Crippen LogP contribution in [-0.4, -0.2) is 243 Å². The molecule has 0 bridgehead atoms. The third-order valence-corrected chi connectivity index (χ3v) is 25.2. The average Bonchev–Trinajstić information content (AvgIpc) is 1.61. The molecule has 2 amide bonds. The summed E-state index contributed by atoms with van der Waals surface area (Å²) in [4.78, 5) is 138. The van der Waals surface area contributed by atoms with Crippen LogP contribution >= 0.6 is 46.4 Å². The molecule has 8 aromatic rings. The molecule has 34 nitrogen and oxygen atoms in total. The Bertz CT molecular complexity index is 5580. The zero-order valence-electron chi connectivity index (χ0n) is 80.6. The van der Waals surface area contributed by atoms with Gasteiger partial charge < -0.3 is 82.2 Å². The number of carboxylic acids is 1. The second-order valence-corrected chi connectivity index (χ2v) is 38.1. The second-order valence-electron chi connectivity index (χ2n) is 36.7. The summed E-state index contributed by atoms with van der Waals surface area (Å²) in [5.74, 6) is -1.23. The number of methoxy groups -OCH3 is 6. The van der Waals surface area contributed by atoms with Crippen LogP contribution in [0.1, 0.15) is 168 Å². The topological polar surface area (TPSA) is 410 Å². The first kappa shape index (κ1) is 110. The molecule has 8 heterocycles. The Morgan fingerprint density at radius 2 is 0.883 bits per heavy atom. The number of amides is 2. The summed E-state index contributed by atoms with van der Waals surface area (Å²) in [6.07, 6.45) is 1.87. The van der Waals surface area contributed by atoms with Gasteiger partial charge in [-0.1, -0.05) is 101 Å². The number of nitrogens with one attached hydrogen (secondary N) is 2. The van der Waals surface area contributed by atoms with E-state index >= 15 is 0 Å². The third-order valence-electron chi connectivity index (χ3n) is 24.2. The van der Waals surface area contributed by atoms with Crippen LogP contribution in [0.15, 0.2) is 85.5 Å². The Hall–Kier alpha value is -11.0. The number of fused-ring (bicyclic) bond motifs is 4. The van der Waals surface area contributed by atoms with Crippen LogP contribution in [0.4, 0.5) is 18.0 Å². The summed E-state index contributed by atoms with van der Waals surface area (Å²) in [5, 5.41) is 15.9. The number of aldehydes is 1. The molecule has 4 saturated heterocycles. The number of allylic oxidation sites excluding steroid dienone is 1. The lowest BCUT2D eigenvalue weighted by Gasteiger charge is -2.36. The Kier molecular flexibility index (Phi) is 38.5. The highest BCUT2D eigenvalue weighted by atomic mass is 35.5. The van der Waals surface area contributed by atoms with Gasteiger partial charge in [-0.3, -0.25) is 28.9 Å². The largest absolute Gasteiger partial charge is 0.497 e. The van der Waals surface area contributed by atoms with Crippen molar-refractivity contribution >= 4 is 139 Å². The van der Waals surface area contributed by atoms with Crippen molar-refractivity contribution < 1.29 is 118 Å². The number of likely N-dealkylation sites (tertiary alicyclic amines) is 2. The number of ether oxygens (including phenoxy) is 13. The van der Waals surface area contributed by atoms with Gasteiger partial charge in [0.15, 0.2) is 20.6 Å². The van der Waals surface area contributed by atoms with E-state index in [9.17, 15) is 51.8 Å². The molecular weight excluding hydrogens is 1870 g/mol. The van der Waals surface area contributed by atoms with Gasteiger partial charge in [0.05, 0.1) is 112 Å². The SMILES string of the molecule is C=CCCC[C@@H]1CCC[C@@]1(C)OC(=O)C[C@H](C(=O)N1C[C@H](Oc2nc3cc(OC)ccc3nc2Cl)[C@@H](CC)[C@H]1C(=O)OC)C(C)(C)C.CC[C@@H]1[C@@H](Oc2nc3cc(OC)ccc3nc2Cl)CN(C(=O)OC(C)(C)C)[C@@H]1C(=O)OC(C)(C)C.CC[C@@H]1[C@@H](Oc2nc3cc(OC)ccc3nc2Cl)CN[C@@H]1C(=O)O.CC[C@@H]1[C@@H](Oc2nc3cc(OC)ccc3nc2Cl)CN[C@@H]1C(=O)OC.O=CC(F)(F)F. The summed E-state index contributed by atoms with van der Waals surface area (Å²) < 4.78 is 104. The van der Waals surface area contributed by atoms with E-state index in [0.29, 0.717) is 99.5 Å². The highest BCUT2D eigenvalue weighted by Crippen LogP contribution is 2.45. The van der Waals surface area contributed by atoms with Gasteiger partial charge in [0.25, 0.3) is 23.5 Å². The summed E-state index contributed by atoms with van der Waals surface area (Å²) >= 11 is 25.3. The number of unbranched alkanes of at least 4 members (excludes halogenated alkanes) is 1. The van der Waals surface area contributed by atoms with E-state index in [-0.39, 0.29) is 111 Å². The highest BCUT2D eigenvalue weighted by Gasteiger charge is 2.55. The van der Waals surface area contributed by atoms with Gasteiger partial charge in [0.1, 0.15) is 88.4 Å². The zero-order chi connectivity index (χ0) is 101. The predicted molar refractivity (Wildman–Crippen MR) is 506 cm³/mol. The van der Waals surface area contributed by atoms with Crippen molar-refractivity contribution in [3.05, 3.63) is 106 Å². The maximum atomic E-state index is 14.5. The van der Waals surface area contributed by atoms with Gasteiger partial charge in [-0.05, 0) is 173 Å². The number of hydrogen-bond acceptors (Lipinski definition) is 31.